The molecule has 0 radical (unpaired) electrons. The van der Waals surface area contributed by atoms with E-state index in [0.29, 0.717) is 23.1 Å². The Morgan fingerprint density at radius 1 is 1.16 bits per heavy atom. The number of carbonyl (C=O) groups is 1. The Morgan fingerprint density at radius 3 is 2.52 bits per heavy atom. The van der Waals surface area contributed by atoms with Gasteiger partial charge in [-0.25, -0.2) is 12.8 Å². The number of hydrogen-bond donors (Lipinski definition) is 0. The van der Waals surface area contributed by atoms with E-state index < -0.39 is 9.84 Å². The highest BCUT2D eigenvalue weighted by molar-refractivity contribution is 7.99. The molecule has 31 heavy (non-hydrogen) atoms. The highest BCUT2D eigenvalue weighted by Crippen LogP contribution is 2.28. The van der Waals surface area contributed by atoms with Crippen molar-refractivity contribution >= 4 is 27.5 Å². The number of halogens is 1. The van der Waals surface area contributed by atoms with Gasteiger partial charge in [-0.05, 0) is 30.7 Å². The highest BCUT2D eigenvalue weighted by atomic mass is 32.2. The van der Waals surface area contributed by atoms with Gasteiger partial charge in [-0.3, -0.25) is 9.36 Å². The van der Waals surface area contributed by atoms with Crippen LogP contribution in [0.2, 0.25) is 0 Å². The largest absolute Gasteiger partial charge is 0.341 e. The molecular formula is C21H21FN4O3S2. The van der Waals surface area contributed by atoms with Gasteiger partial charge in [0.25, 0.3) is 0 Å². The third kappa shape index (κ3) is 4.80. The summed E-state index contributed by atoms with van der Waals surface area (Å²) in [6, 6.07) is 15.2. The Labute approximate surface area is 184 Å². The average Bonchev–Trinajstić information content (AvgIpc) is 3.35. The van der Waals surface area contributed by atoms with E-state index in [1.165, 1.54) is 28.8 Å². The van der Waals surface area contributed by atoms with E-state index >= 15 is 0 Å². The van der Waals surface area contributed by atoms with E-state index in [4.69, 9.17) is 0 Å². The van der Waals surface area contributed by atoms with Crippen LogP contribution in [0.25, 0.3) is 17.1 Å². The fourth-order valence-corrected chi connectivity index (χ4v) is 6.12. The zero-order valence-electron chi connectivity index (χ0n) is 16.8. The van der Waals surface area contributed by atoms with Crippen LogP contribution in [0.3, 0.4) is 0 Å². The molecule has 0 N–H and O–H groups in total. The standard InChI is InChI=1S/C21H21FN4O3S2/c1-25(18-11-12-31(28,29)14-18)19(27)13-30-21-24-23-20(15-5-3-2-4-6-15)26(21)17-9-7-16(22)8-10-17/h2-10,18H,11-14H2,1H3. The molecule has 1 fully saturated rings. The van der Waals surface area contributed by atoms with Gasteiger partial charge in [0.1, 0.15) is 5.82 Å². The van der Waals surface area contributed by atoms with Crippen LogP contribution >= 0.6 is 11.8 Å². The third-order valence-electron chi connectivity index (χ3n) is 5.22. The molecule has 0 aliphatic carbocycles. The fraction of sp³-hybridized carbons (Fsp3) is 0.286. The lowest BCUT2D eigenvalue weighted by Crippen LogP contribution is -2.38. The van der Waals surface area contributed by atoms with Gasteiger partial charge >= 0.3 is 0 Å². The minimum Gasteiger partial charge on any atom is -0.341 e. The lowest BCUT2D eigenvalue weighted by molar-refractivity contribution is -0.128. The maximum atomic E-state index is 13.5. The molecule has 1 aliphatic rings. The number of rotatable bonds is 6. The van der Waals surface area contributed by atoms with Crippen molar-refractivity contribution in [2.45, 2.75) is 17.6 Å². The molecule has 1 aromatic heterocycles. The minimum absolute atomic E-state index is 0.00379. The predicted molar refractivity (Wildman–Crippen MR) is 117 cm³/mol. The Kier molecular flexibility index (Phi) is 6.10. The molecule has 0 bridgehead atoms. The summed E-state index contributed by atoms with van der Waals surface area (Å²) in [5, 5.41) is 9.05. The van der Waals surface area contributed by atoms with Crippen molar-refractivity contribution in [3.05, 3.63) is 60.4 Å². The Bertz CT molecular complexity index is 1180. The van der Waals surface area contributed by atoms with Crippen LogP contribution in [0.1, 0.15) is 6.42 Å². The Morgan fingerprint density at radius 2 is 1.87 bits per heavy atom. The minimum atomic E-state index is -3.07. The second-order valence-electron chi connectivity index (χ2n) is 7.33. The van der Waals surface area contributed by atoms with Crippen molar-refractivity contribution in [3.63, 3.8) is 0 Å². The SMILES string of the molecule is CN(C(=O)CSc1nnc(-c2ccccc2)n1-c1ccc(F)cc1)C1CCS(=O)(=O)C1. The van der Waals surface area contributed by atoms with Gasteiger partial charge in [0.05, 0.1) is 17.3 Å². The van der Waals surface area contributed by atoms with Crippen molar-refractivity contribution in [2.24, 2.45) is 0 Å². The predicted octanol–water partition coefficient (Wildman–Crippen LogP) is 2.81. The lowest BCUT2D eigenvalue weighted by atomic mass is 10.2. The number of amides is 1. The number of carbonyl (C=O) groups excluding carboxylic acids is 1. The van der Waals surface area contributed by atoms with E-state index in [1.54, 1.807) is 23.7 Å². The second kappa shape index (κ2) is 8.80. The van der Waals surface area contributed by atoms with Gasteiger partial charge in [-0.15, -0.1) is 10.2 Å². The van der Waals surface area contributed by atoms with E-state index in [1.807, 2.05) is 30.3 Å². The Balaban J connectivity index is 1.58. The summed E-state index contributed by atoms with van der Waals surface area (Å²) in [6.45, 7) is 0. The molecule has 10 heteroatoms. The maximum Gasteiger partial charge on any atom is 0.233 e. The third-order valence-corrected chi connectivity index (χ3v) is 7.89. The van der Waals surface area contributed by atoms with Crippen molar-refractivity contribution in [1.29, 1.82) is 0 Å². The van der Waals surface area contributed by atoms with Gasteiger partial charge in [-0.1, -0.05) is 42.1 Å². The quantitative estimate of drug-likeness (QED) is 0.526. The van der Waals surface area contributed by atoms with Crippen LogP contribution in [0.5, 0.6) is 0 Å². The maximum absolute atomic E-state index is 13.5. The van der Waals surface area contributed by atoms with Gasteiger partial charge < -0.3 is 4.90 Å². The summed E-state index contributed by atoms with van der Waals surface area (Å²) in [6.07, 6.45) is 0.457. The molecule has 4 rings (SSSR count). The van der Waals surface area contributed by atoms with Crippen molar-refractivity contribution in [2.75, 3.05) is 24.3 Å². The molecule has 2 aromatic carbocycles. The molecule has 0 saturated carbocycles. The van der Waals surface area contributed by atoms with Gasteiger partial charge in [-0.2, -0.15) is 0 Å². The van der Waals surface area contributed by atoms with Crippen molar-refractivity contribution < 1.29 is 17.6 Å². The molecule has 1 unspecified atom stereocenters. The highest BCUT2D eigenvalue weighted by Gasteiger charge is 2.32. The first-order chi connectivity index (χ1) is 14.8. The summed E-state index contributed by atoms with van der Waals surface area (Å²) in [5.74, 6) is 0.252. The molecule has 2 heterocycles. The monoisotopic (exact) mass is 460 g/mol. The van der Waals surface area contributed by atoms with Crippen LogP contribution in [0, 0.1) is 5.82 Å². The number of aromatic nitrogens is 3. The van der Waals surface area contributed by atoms with Crippen molar-refractivity contribution in [1.82, 2.24) is 19.7 Å². The molecule has 0 spiro atoms. The van der Waals surface area contributed by atoms with E-state index in [0.717, 1.165) is 5.56 Å². The smallest absolute Gasteiger partial charge is 0.233 e. The molecule has 1 amide bonds. The lowest BCUT2D eigenvalue weighted by Gasteiger charge is -2.23. The van der Waals surface area contributed by atoms with E-state index in [-0.39, 0.29) is 35.0 Å². The first-order valence-electron chi connectivity index (χ1n) is 9.70. The summed E-state index contributed by atoms with van der Waals surface area (Å²) in [5.41, 5.74) is 1.52. The van der Waals surface area contributed by atoms with Crippen LogP contribution in [-0.2, 0) is 14.6 Å². The Hall–Kier alpha value is -2.72. The van der Waals surface area contributed by atoms with Gasteiger partial charge in [0.2, 0.25) is 5.91 Å². The summed E-state index contributed by atoms with van der Waals surface area (Å²) in [7, 11) is -1.44. The molecule has 7 nitrogen and oxygen atoms in total. The van der Waals surface area contributed by atoms with Gasteiger partial charge in [0, 0.05) is 24.3 Å². The van der Waals surface area contributed by atoms with Gasteiger partial charge in [0.15, 0.2) is 20.8 Å². The average molecular weight is 461 g/mol. The summed E-state index contributed by atoms with van der Waals surface area (Å²) in [4.78, 5) is 14.2. The van der Waals surface area contributed by atoms with Crippen LogP contribution in [0.15, 0.2) is 59.8 Å². The van der Waals surface area contributed by atoms with Crippen LogP contribution in [0.4, 0.5) is 4.39 Å². The fourth-order valence-electron chi connectivity index (χ4n) is 3.47. The summed E-state index contributed by atoms with van der Waals surface area (Å²) < 4.78 is 38.7. The molecule has 162 valence electrons. The normalized spacial score (nSPS) is 17.5. The molecule has 1 aliphatic heterocycles. The zero-order valence-corrected chi connectivity index (χ0v) is 18.4. The first-order valence-corrected chi connectivity index (χ1v) is 12.5. The number of sulfone groups is 1. The van der Waals surface area contributed by atoms with E-state index in [9.17, 15) is 17.6 Å². The number of hydrogen-bond acceptors (Lipinski definition) is 6. The van der Waals surface area contributed by atoms with Crippen molar-refractivity contribution in [3.8, 4) is 17.1 Å². The summed E-state index contributed by atoms with van der Waals surface area (Å²) >= 11 is 1.21. The topological polar surface area (TPSA) is 85.2 Å². The number of nitrogens with zero attached hydrogens (tertiary/aromatic N) is 4. The number of benzene rings is 2. The molecule has 1 atom stereocenters. The van der Waals surface area contributed by atoms with Crippen LogP contribution < -0.4 is 0 Å². The second-order valence-corrected chi connectivity index (χ2v) is 10.5. The first kappa shape index (κ1) is 21.5. The molecule has 3 aromatic rings. The molecular weight excluding hydrogens is 439 g/mol. The van der Waals surface area contributed by atoms with Crippen LogP contribution in [-0.4, -0.2) is 64.3 Å². The number of thioether (sulfide) groups is 1. The zero-order chi connectivity index (χ0) is 22.0. The molecule has 1 saturated heterocycles. The van der Waals surface area contributed by atoms with E-state index in [2.05, 4.69) is 10.2 Å².